The van der Waals surface area contributed by atoms with E-state index in [2.05, 4.69) is 22.1 Å². The molecule has 0 spiro atoms. The summed E-state index contributed by atoms with van der Waals surface area (Å²) in [5.41, 5.74) is 12.2. The van der Waals surface area contributed by atoms with E-state index in [0.717, 1.165) is 44.2 Å². The third-order valence-electron chi connectivity index (χ3n) is 3.86. The highest BCUT2D eigenvalue weighted by Gasteiger charge is 2.11. The third kappa shape index (κ3) is 6.36. The highest BCUT2D eigenvalue weighted by atomic mass is 16.3. The zero-order chi connectivity index (χ0) is 18.6. The Hall–Kier alpha value is -2.62. The van der Waals surface area contributed by atoms with Crippen LogP contribution in [0.1, 0.15) is 48.4 Å². The standard InChI is InChI=1S/C20H26N4O2/c21-12-4-2-1-3-5-14-23-20(25)19-11-10-18(26-19)16-8-9-17(24-15-16)7-6-13-22/h8-11,15H,1-5,12-14,21-22H2,(H,23,25). The first-order valence-electron chi connectivity index (χ1n) is 8.98. The summed E-state index contributed by atoms with van der Waals surface area (Å²) in [5, 5.41) is 2.88. The Morgan fingerprint density at radius 3 is 2.62 bits per heavy atom. The number of pyridine rings is 1. The van der Waals surface area contributed by atoms with Gasteiger partial charge in [-0.2, -0.15) is 0 Å². The molecule has 0 unspecified atom stereocenters. The summed E-state index contributed by atoms with van der Waals surface area (Å²) in [7, 11) is 0. The number of amides is 1. The van der Waals surface area contributed by atoms with E-state index in [1.165, 1.54) is 0 Å². The molecule has 2 rings (SSSR count). The number of carbonyl (C=O) groups is 1. The summed E-state index contributed by atoms with van der Waals surface area (Å²) in [6, 6.07) is 7.10. The fraction of sp³-hybridized carbons (Fsp3) is 0.400. The van der Waals surface area contributed by atoms with Crippen LogP contribution in [0.25, 0.3) is 11.3 Å². The van der Waals surface area contributed by atoms with E-state index in [9.17, 15) is 4.79 Å². The van der Waals surface area contributed by atoms with Crippen molar-refractivity contribution in [2.75, 3.05) is 19.6 Å². The number of furan rings is 1. The number of hydrogen-bond donors (Lipinski definition) is 3. The number of unbranched alkanes of at least 4 members (excludes halogenated alkanes) is 4. The van der Waals surface area contributed by atoms with Crippen molar-refractivity contribution in [3.8, 4) is 23.2 Å². The van der Waals surface area contributed by atoms with Gasteiger partial charge in [-0.3, -0.25) is 4.79 Å². The van der Waals surface area contributed by atoms with Gasteiger partial charge in [-0.1, -0.05) is 25.2 Å². The van der Waals surface area contributed by atoms with Crippen LogP contribution in [0.15, 0.2) is 34.9 Å². The average Bonchev–Trinajstić information content (AvgIpc) is 3.16. The molecule has 0 atom stereocenters. The fourth-order valence-electron chi connectivity index (χ4n) is 2.46. The van der Waals surface area contributed by atoms with Crippen molar-refractivity contribution in [1.82, 2.24) is 10.3 Å². The molecule has 138 valence electrons. The summed E-state index contributed by atoms with van der Waals surface area (Å²) in [5.74, 6) is 6.32. The molecule has 2 aromatic heterocycles. The molecule has 0 aliphatic rings. The highest BCUT2D eigenvalue weighted by molar-refractivity contribution is 5.92. The van der Waals surface area contributed by atoms with Gasteiger partial charge in [-0.15, -0.1) is 0 Å². The molecule has 0 aliphatic heterocycles. The lowest BCUT2D eigenvalue weighted by molar-refractivity contribution is 0.0926. The van der Waals surface area contributed by atoms with Gasteiger partial charge in [0.15, 0.2) is 5.76 Å². The fourth-order valence-corrected chi connectivity index (χ4v) is 2.46. The molecular formula is C20H26N4O2. The van der Waals surface area contributed by atoms with Crippen LogP contribution in [-0.2, 0) is 0 Å². The van der Waals surface area contributed by atoms with Crippen LogP contribution in [0.2, 0.25) is 0 Å². The van der Waals surface area contributed by atoms with Gasteiger partial charge >= 0.3 is 0 Å². The average molecular weight is 354 g/mol. The monoisotopic (exact) mass is 354 g/mol. The molecule has 6 heteroatoms. The molecule has 5 N–H and O–H groups in total. The SMILES string of the molecule is NCC#Cc1ccc(-c2ccc(C(=O)NCCCCCCCN)o2)cn1. The van der Waals surface area contributed by atoms with E-state index in [1.54, 1.807) is 24.4 Å². The summed E-state index contributed by atoms with van der Waals surface area (Å²) >= 11 is 0. The number of nitrogens with two attached hydrogens (primary N) is 2. The topological polar surface area (TPSA) is 107 Å². The summed E-state index contributed by atoms with van der Waals surface area (Å²) < 4.78 is 5.64. The van der Waals surface area contributed by atoms with Gasteiger partial charge in [-0.25, -0.2) is 4.98 Å². The zero-order valence-corrected chi connectivity index (χ0v) is 15.0. The Morgan fingerprint density at radius 2 is 1.88 bits per heavy atom. The number of carbonyl (C=O) groups excluding carboxylic acids is 1. The number of nitrogens with one attached hydrogen (secondary N) is 1. The van der Waals surface area contributed by atoms with Gasteiger partial charge in [0.05, 0.1) is 6.54 Å². The molecule has 0 bridgehead atoms. The van der Waals surface area contributed by atoms with Crippen LogP contribution in [0.3, 0.4) is 0 Å². The minimum atomic E-state index is -0.198. The number of nitrogens with zero attached hydrogens (tertiary/aromatic N) is 1. The molecule has 0 aliphatic carbocycles. The molecule has 0 aromatic carbocycles. The quantitative estimate of drug-likeness (QED) is 0.473. The van der Waals surface area contributed by atoms with Crippen LogP contribution in [-0.4, -0.2) is 30.5 Å². The Labute approximate surface area is 154 Å². The van der Waals surface area contributed by atoms with Gasteiger partial charge in [0.2, 0.25) is 0 Å². The molecule has 0 saturated carbocycles. The first-order valence-corrected chi connectivity index (χ1v) is 8.98. The summed E-state index contributed by atoms with van der Waals surface area (Å²) in [6.07, 6.45) is 7.08. The lowest BCUT2D eigenvalue weighted by atomic mass is 10.1. The zero-order valence-electron chi connectivity index (χ0n) is 15.0. The molecule has 1 amide bonds. The van der Waals surface area contributed by atoms with Crippen LogP contribution < -0.4 is 16.8 Å². The van der Waals surface area contributed by atoms with Crippen molar-refractivity contribution in [2.45, 2.75) is 32.1 Å². The second kappa shape index (κ2) is 11.1. The van der Waals surface area contributed by atoms with Crippen molar-refractivity contribution >= 4 is 5.91 Å². The maximum Gasteiger partial charge on any atom is 0.287 e. The normalized spacial score (nSPS) is 10.2. The summed E-state index contributed by atoms with van der Waals surface area (Å²) in [4.78, 5) is 16.4. The Kier molecular flexibility index (Phi) is 8.40. The van der Waals surface area contributed by atoms with E-state index in [0.29, 0.717) is 30.3 Å². The lowest BCUT2D eigenvalue weighted by Gasteiger charge is -2.03. The van der Waals surface area contributed by atoms with E-state index in [1.807, 2.05) is 6.07 Å². The van der Waals surface area contributed by atoms with Crippen LogP contribution >= 0.6 is 0 Å². The number of aromatic nitrogens is 1. The predicted octanol–water partition coefficient (Wildman–Crippen LogP) is 2.29. The second-order valence-electron chi connectivity index (χ2n) is 5.91. The number of hydrogen-bond acceptors (Lipinski definition) is 5. The van der Waals surface area contributed by atoms with E-state index < -0.39 is 0 Å². The summed E-state index contributed by atoms with van der Waals surface area (Å²) in [6.45, 7) is 1.69. The minimum absolute atomic E-state index is 0.198. The van der Waals surface area contributed by atoms with Crippen molar-refractivity contribution in [3.05, 3.63) is 41.9 Å². The predicted molar refractivity (Wildman–Crippen MR) is 102 cm³/mol. The largest absolute Gasteiger partial charge is 0.451 e. The first-order chi connectivity index (χ1) is 12.7. The molecule has 0 saturated heterocycles. The van der Waals surface area contributed by atoms with Crippen LogP contribution in [0, 0.1) is 11.8 Å². The van der Waals surface area contributed by atoms with Crippen LogP contribution in [0.5, 0.6) is 0 Å². The van der Waals surface area contributed by atoms with E-state index in [4.69, 9.17) is 15.9 Å². The minimum Gasteiger partial charge on any atom is -0.451 e. The molecule has 0 radical (unpaired) electrons. The smallest absolute Gasteiger partial charge is 0.287 e. The third-order valence-corrected chi connectivity index (χ3v) is 3.86. The highest BCUT2D eigenvalue weighted by Crippen LogP contribution is 2.21. The Bertz CT molecular complexity index is 741. The number of rotatable bonds is 9. The van der Waals surface area contributed by atoms with Crippen LogP contribution in [0.4, 0.5) is 0 Å². The molecule has 6 nitrogen and oxygen atoms in total. The van der Waals surface area contributed by atoms with Crippen molar-refractivity contribution in [2.24, 2.45) is 11.5 Å². The Balaban J connectivity index is 1.82. The molecule has 2 heterocycles. The van der Waals surface area contributed by atoms with Crippen molar-refractivity contribution < 1.29 is 9.21 Å². The lowest BCUT2D eigenvalue weighted by Crippen LogP contribution is -2.23. The van der Waals surface area contributed by atoms with Gasteiger partial charge < -0.3 is 21.2 Å². The van der Waals surface area contributed by atoms with Gasteiger partial charge in [0, 0.05) is 18.3 Å². The maximum absolute atomic E-state index is 12.1. The van der Waals surface area contributed by atoms with Gasteiger partial charge in [0.1, 0.15) is 11.5 Å². The molecule has 0 fully saturated rings. The molecule has 2 aromatic rings. The second-order valence-corrected chi connectivity index (χ2v) is 5.91. The molecule has 26 heavy (non-hydrogen) atoms. The van der Waals surface area contributed by atoms with Gasteiger partial charge in [-0.05, 0) is 49.6 Å². The van der Waals surface area contributed by atoms with Crippen molar-refractivity contribution in [1.29, 1.82) is 0 Å². The van der Waals surface area contributed by atoms with Crippen molar-refractivity contribution in [3.63, 3.8) is 0 Å². The molecular weight excluding hydrogens is 328 g/mol. The van der Waals surface area contributed by atoms with E-state index >= 15 is 0 Å². The maximum atomic E-state index is 12.1. The van der Waals surface area contributed by atoms with Gasteiger partial charge in [0.25, 0.3) is 5.91 Å². The first kappa shape index (κ1) is 19.7. The van der Waals surface area contributed by atoms with E-state index in [-0.39, 0.29) is 5.91 Å². The Morgan fingerprint density at radius 1 is 1.08 bits per heavy atom.